The molecular weight excluding hydrogens is 152 g/mol. The van der Waals surface area contributed by atoms with Crippen LogP contribution in [0.4, 0.5) is 0 Å². The molecule has 0 aromatic carbocycles. The van der Waals surface area contributed by atoms with Crippen molar-refractivity contribution in [1.82, 2.24) is 9.97 Å². The lowest BCUT2D eigenvalue weighted by Gasteiger charge is -2.18. The lowest BCUT2D eigenvalue weighted by Crippen LogP contribution is -2.19. The van der Waals surface area contributed by atoms with Gasteiger partial charge in [-0.25, -0.2) is 9.97 Å². The fraction of sp³-hybridized carbons (Fsp3) is 0.556. The van der Waals surface area contributed by atoms with Crippen LogP contribution in [-0.4, -0.2) is 15.6 Å². The molecule has 0 aliphatic carbocycles. The average Bonchev–Trinajstić information content (AvgIpc) is 2.02. The van der Waals surface area contributed by atoms with Crippen LogP contribution in [0, 0.1) is 0 Å². The van der Waals surface area contributed by atoms with Crippen molar-refractivity contribution in [2.24, 2.45) is 0 Å². The van der Waals surface area contributed by atoms with E-state index in [-0.39, 0.29) is 5.60 Å². The van der Waals surface area contributed by atoms with Crippen LogP contribution in [-0.2, 0) is 11.3 Å². The monoisotopic (exact) mass is 166 g/mol. The Hall–Kier alpha value is -0.960. The van der Waals surface area contributed by atoms with Crippen molar-refractivity contribution in [3.8, 4) is 0 Å². The molecule has 0 fully saturated rings. The van der Waals surface area contributed by atoms with Crippen LogP contribution in [0.3, 0.4) is 0 Å². The molecule has 0 radical (unpaired) electrons. The lowest BCUT2D eigenvalue weighted by atomic mass is 10.2. The summed E-state index contributed by atoms with van der Waals surface area (Å²) < 4.78 is 5.49. The Bertz CT molecular complexity index is 228. The van der Waals surface area contributed by atoms with E-state index in [0.29, 0.717) is 6.61 Å². The predicted octanol–water partition coefficient (Wildman–Crippen LogP) is 1.79. The molecule has 0 saturated heterocycles. The van der Waals surface area contributed by atoms with Crippen molar-refractivity contribution in [3.05, 3.63) is 24.3 Å². The fourth-order valence-corrected chi connectivity index (χ4v) is 0.686. The van der Waals surface area contributed by atoms with Gasteiger partial charge in [-0.2, -0.15) is 0 Å². The smallest absolute Gasteiger partial charge is 0.153 e. The molecule has 0 spiro atoms. The Morgan fingerprint density at radius 1 is 1.25 bits per heavy atom. The van der Waals surface area contributed by atoms with E-state index in [0.717, 1.165) is 5.82 Å². The zero-order chi connectivity index (χ0) is 9.03. The van der Waals surface area contributed by atoms with Gasteiger partial charge in [-0.15, -0.1) is 0 Å². The number of hydrogen-bond donors (Lipinski definition) is 0. The van der Waals surface area contributed by atoms with Gasteiger partial charge >= 0.3 is 0 Å². The Balaban J connectivity index is 2.44. The molecule has 1 rings (SSSR count). The van der Waals surface area contributed by atoms with Gasteiger partial charge in [0.05, 0.1) is 5.60 Å². The van der Waals surface area contributed by atoms with Crippen molar-refractivity contribution in [3.63, 3.8) is 0 Å². The van der Waals surface area contributed by atoms with Gasteiger partial charge in [0, 0.05) is 12.4 Å². The molecule has 0 amide bonds. The minimum absolute atomic E-state index is 0.126. The van der Waals surface area contributed by atoms with Gasteiger partial charge in [-0.1, -0.05) is 0 Å². The highest BCUT2D eigenvalue weighted by Crippen LogP contribution is 2.08. The first-order chi connectivity index (χ1) is 5.58. The van der Waals surface area contributed by atoms with Gasteiger partial charge in [-0.05, 0) is 26.8 Å². The van der Waals surface area contributed by atoms with Crippen LogP contribution in [0.15, 0.2) is 18.5 Å². The van der Waals surface area contributed by atoms with Gasteiger partial charge in [0.15, 0.2) is 5.82 Å². The predicted molar refractivity (Wildman–Crippen MR) is 46.6 cm³/mol. The van der Waals surface area contributed by atoms with Crippen molar-refractivity contribution < 1.29 is 4.74 Å². The van der Waals surface area contributed by atoms with Crippen molar-refractivity contribution >= 4 is 0 Å². The van der Waals surface area contributed by atoms with E-state index in [2.05, 4.69) is 9.97 Å². The molecule has 1 heterocycles. The number of ether oxygens (including phenoxy) is 1. The highest BCUT2D eigenvalue weighted by atomic mass is 16.5. The van der Waals surface area contributed by atoms with Gasteiger partial charge in [-0.3, -0.25) is 0 Å². The van der Waals surface area contributed by atoms with E-state index in [9.17, 15) is 0 Å². The summed E-state index contributed by atoms with van der Waals surface area (Å²) in [5.41, 5.74) is -0.126. The van der Waals surface area contributed by atoms with E-state index < -0.39 is 0 Å². The second kappa shape index (κ2) is 3.63. The zero-order valence-electron chi connectivity index (χ0n) is 7.74. The third-order valence-corrected chi connectivity index (χ3v) is 1.25. The van der Waals surface area contributed by atoms with Crippen LogP contribution in [0.1, 0.15) is 26.6 Å². The third-order valence-electron chi connectivity index (χ3n) is 1.25. The second-order valence-electron chi connectivity index (χ2n) is 3.57. The molecule has 3 heteroatoms. The highest BCUT2D eigenvalue weighted by molar-refractivity contribution is 4.86. The van der Waals surface area contributed by atoms with Gasteiger partial charge in [0.2, 0.25) is 0 Å². The molecule has 0 aliphatic heterocycles. The van der Waals surface area contributed by atoms with E-state index in [1.807, 2.05) is 20.8 Å². The molecule has 0 unspecified atom stereocenters. The number of aromatic nitrogens is 2. The molecule has 0 saturated carbocycles. The van der Waals surface area contributed by atoms with Crippen molar-refractivity contribution in [2.75, 3.05) is 0 Å². The zero-order valence-corrected chi connectivity index (χ0v) is 7.74. The van der Waals surface area contributed by atoms with Crippen LogP contribution in [0.5, 0.6) is 0 Å². The Morgan fingerprint density at radius 2 is 1.83 bits per heavy atom. The standard InChI is InChI=1S/C9H14N2O/c1-9(2,3)12-7-8-10-5-4-6-11-8/h4-6H,7H2,1-3H3. The summed E-state index contributed by atoms with van der Waals surface area (Å²) in [4.78, 5) is 8.09. The maximum Gasteiger partial charge on any atom is 0.153 e. The molecule has 1 aromatic heterocycles. The summed E-state index contributed by atoms with van der Waals surface area (Å²) in [6, 6.07) is 1.79. The normalized spacial score (nSPS) is 11.6. The Labute approximate surface area is 72.8 Å². The summed E-state index contributed by atoms with van der Waals surface area (Å²) in [7, 11) is 0. The van der Waals surface area contributed by atoms with E-state index in [1.165, 1.54) is 0 Å². The van der Waals surface area contributed by atoms with E-state index in [1.54, 1.807) is 18.5 Å². The second-order valence-corrected chi connectivity index (χ2v) is 3.57. The molecule has 66 valence electrons. The van der Waals surface area contributed by atoms with Gasteiger partial charge in [0.1, 0.15) is 6.61 Å². The van der Waals surface area contributed by atoms with Gasteiger partial charge in [0.25, 0.3) is 0 Å². The maximum absolute atomic E-state index is 5.49. The number of nitrogens with zero attached hydrogens (tertiary/aromatic N) is 2. The van der Waals surface area contributed by atoms with Crippen LogP contribution < -0.4 is 0 Å². The Morgan fingerprint density at radius 3 is 2.33 bits per heavy atom. The maximum atomic E-state index is 5.49. The molecule has 12 heavy (non-hydrogen) atoms. The fourth-order valence-electron chi connectivity index (χ4n) is 0.686. The lowest BCUT2D eigenvalue weighted by molar-refractivity contribution is -0.0181. The first-order valence-corrected chi connectivity index (χ1v) is 3.98. The average molecular weight is 166 g/mol. The molecule has 0 aliphatic rings. The summed E-state index contributed by atoms with van der Waals surface area (Å²) in [6.45, 7) is 6.51. The summed E-state index contributed by atoms with van der Waals surface area (Å²) in [6.07, 6.45) is 3.43. The summed E-state index contributed by atoms with van der Waals surface area (Å²) in [5, 5.41) is 0. The van der Waals surface area contributed by atoms with Gasteiger partial charge < -0.3 is 4.74 Å². The first kappa shape index (κ1) is 9.13. The first-order valence-electron chi connectivity index (χ1n) is 3.98. The summed E-state index contributed by atoms with van der Waals surface area (Å²) >= 11 is 0. The van der Waals surface area contributed by atoms with Crippen molar-refractivity contribution in [1.29, 1.82) is 0 Å². The van der Waals surface area contributed by atoms with Crippen LogP contribution >= 0.6 is 0 Å². The van der Waals surface area contributed by atoms with Crippen LogP contribution in [0.2, 0.25) is 0 Å². The third kappa shape index (κ3) is 3.44. The minimum Gasteiger partial charge on any atom is -0.368 e. The quantitative estimate of drug-likeness (QED) is 0.671. The molecule has 0 bridgehead atoms. The largest absolute Gasteiger partial charge is 0.368 e. The minimum atomic E-state index is -0.126. The molecule has 0 atom stereocenters. The number of rotatable bonds is 2. The molecular formula is C9H14N2O. The van der Waals surface area contributed by atoms with E-state index >= 15 is 0 Å². The van der Waals surface area contributed by atoms with Crippen molar-refractivity contribution in [2.45, 2.75) is 33.0 Å². The highest BCUT2D eigenvalue weighted by Gasteiger charge is 2.10. The Kier molecular flexibility index (Phi) is 2.76. The van der Waals surface area contributed by atoms with Crippen LogP contribution in [0.25, 0.3) is 0 Å². The number of hydrogen-bond acceptors (Lipinski definition) is 3. The topological polar surface area (TPSA) is 35.0 Å². The molecule has 3 nitrogen and oxygen atoms in total. The molecule has 1 aromatic rings. The summed E-state index contributed by atoms with van der Waals surface area (Å²) in [5.74, 6) is 0.729. The SMILES string of the molecule is CC(C)(C)OCc1ncccn1. The molecule has 0 N–H and O–H groups in total. The van der Waals surface area contributed by atoms with E-state index in [4.69, 9.17) is 4.74 Å².